The van der Waals surface area contributed by atoms with Crippen molar-refractivity contribution < 1.29 is 8.42 Å². The second kappa shape index (κ2) is 4.66. The smallest absolute Gasteiger partial charge is 0.240 e. The maximum atomic E-state index is 12.0. The van der Waals surface area contributed by atoms with E-state index >= 15 is 0 Å². The third-order valence-corrected chi connectivity index (χ3v) is 4.58. The van der Waals surface area contributed by atoms with Crippen LogP contribution in [0.5, 0.6) is 0 Å². The molecule has 94 valence electrons. The highest BCUT2D eigenvalue weighted by molar-refractivity contribution is 7.89. The van der Waals surface area contributed by atoms with Crippen LogP contribution in [0, 0.1) is 5.92 Å². The molecule has 0 aliphatic heterocycles. The molecule has 1 aliphatic rings. The van der Waals surface area contributed by atoms with Crippen molar-refractivity contribution in [1.82, 2.24) is 4.72 Å². The van der Waals surface area contributed by atoms with Gasteiger partial charge >= 0.3 is 0 Å². The molecule has 0 aromatic heterocycles. The molecule has 17 heavy (non-hydrogen) atoms. The molecule has 5 heteroatoms. The number of anilines is 1. The minimum atomic E-state index is -3.37. The normalized spacial score (nSPS) is 23.6. The second-order valence-corrected chi connectivity index (χ2v) is 6.30. The van der Waals surface area contributed by atoms with Crippen LogP contribution < -0.4 is 10.5 Å². The average Bonchev–Trinajstić information content (AvgIpc) is 2.96. The third-order valence-electron chi connectivity index (χ3n) is 3.08. The first-order valence-corrected chi connectivity index (χ1v) is 7.39. The monoisotopic (exact) mass is 254 g/mol. The van der Waals surface area contributed by atoms with Crippen LogP contribution in [0.1, 0.15) is 26.2 Å². The molecule has 2 rings (SSSR count). The van der Waals surface area contributed by atoms with Gasteiger partial charge in [-0.2, -0.15) is 0 Å². The number of rotatable bonds is 5. The number of nitrogens with two attached hydrogens (primary N) is 1. The largest absolute Gasteiger partial charge is 0.399 e. The summed E-state index contributed by atoms with van der Waals surface area (Å²) in [6.07, 6.45) is 3.15. The minimum Gasteiger partial charge on any atom is -0.399 e. The SMILES string of the molecule is CCCC1CC1NS(=O)(=O)c1ccc(N)cc1. The van der Waals surface area contributed by atoms with E-state index in [-0.39, 0.29) is 10.9 Å². The summed E-state index contributed by atoms with van der Waals surface area (Å²) in [7, 11) is -3.37. The van der Waals surface area contributed by atoms with E-state index in [1.165, 1.54) is 12.1 Å². The summed E-state index contributed by atoms with van der Waals surface area (Å²) in [5.41, 5.74) is 6.10. The van der Waals surface area contributed by atoms with Gasteiger partial charge in [-0.3, -0.25) is 0 Å². The van der Waals surface area contributed by atoms with Crippen molar-refractivity contribution in [3.63, 3.8) is 0 Å². The summed E-state index contributed by atoms with van der Waals surface area (Å²) in [6, 6.07) is 6.40. The molecule has 2 atom stereocenters. The number of hydrogen-bond acceptors (Lipinski definition) is 3. The number of nitrogens with one attached hydrogen (secondary N) is 1. The Bertz CT molecular complexity index is 482. The second-order valence-electron chi connectivity index (χ2n) is 4.58. The molecule has 0 bridgehead atoms. The van der Waals surface area contributed by atoms with E-state index in [4.69, 9.17) is 5.73 Å². The molecule has 1 fully saturated rings. The lowest BCUT2D eigenvalue weighted by molar-refractivity contribution is 0.573. The average molecular weight is 254 g/mol. The molecule has 2 unspecified atom stereocenters. The number of benzene rings is 1. The Labute approximate surface area is 102 Å². The lowest BCUT2D eigenvalue weighted by atomic mass is 10.2. The fourth-order valence-corrected chi connectivity index (χ4v) is 3.31. The molecule has 0 amide bonds. The Morgan fingerprint density at radius 1 is 1.35 bits per heavy atom. The van der Waals surface area contributed by atoms with Crippen LogP contribution >= 0.6 is 0 Å². The van der Waals surface area contributed by atoms with E-state index in [9.17, 15) is 8.42 Å². The Balaban J connectivity index is 2.03. The van der Waals surface area contributed by atoms with Gasteiger partial charge in [-0.05, 0) is 43.0 Å². The zero-order chi connectivity index (χ0) is 12.5. The van der Waals surface area contributed by atoms with Crippen molar-refractivity contribution in [3.05, 3.63) is 24.3 Å². The Hall–Kier alpha value is -1.07. The molecule has 1 saturated carbocycles. The van der Waals surface area contributed by atoms with Crippen LogP contribution in [0.2, 0.25) is 0 Å². The number of nitrogen functional groups attached to an aromatic ring is 1. The molecule has 1 aliphatic carbocycles. The van der Waals surface area contributed by atoms with E-state index in [0.29, 0.717) is 11.6 Å². The molecule has 0 heterocycles. The van der Waals surface area contributed by atoms with E-state index in [0.717, 1.165) is 19.3 Å². The van der Waals surface area contributed by atoms with Crippen LogP contribution in [-0.4, -0.2) is 14.5 Å². The van der Waals surface area contributed by atoms with Crippen molar-refractivity contribution in [2.24, 2.45) is 5.92 Å². The van der Waals surface area contributed by atoms with Gasteiger partial charge in [0.2, 0.25) is 10.0 Å². The lowest BCUT2D eigenvalue weighted by Crippen LogP contribution is -2.27. The molecule has 3 N–H and O–H groups in total. The van der Waals surface area contributed by atoms with Gasteiger partial charge in [-0.15, -0.1) is 0 Å². The summed E-state index contributed by atoms with van der Waals surface area (Å²) in [5, 5.41) is 0. The maximum Gasteiger partial charge on any atom is 0.240 e. The van der Waals surface area contributed by atoms with Gasteiger partial charge < -0.3 is 5.73 Å². The highest BCUT2D eigenvalue weighted by Crippen LogP contribution is 2.35. The first kappa shape index (κ1) is 12.4. The lowest BCUT2D eigenvalue weighted by Gasteiger charge is -2.06. The summed E-state index contributed by atoms with van der Waals surface area (Å²) in [5.74, 6) is 0.517. The van der Waals surface area contributed by atoms with Gasteiger partial charge in [0.15, 0.2) is 0 Å². The Morgan fingerprint density at radius 2 is 2.00 bits per heavy atom. The minimum absolute atomic E-state index is 0.123. The molecule has 0 saturated heterocycles. The summed E-state index contributed by atoms with van der Waals surface area (Å²) in [6.45, 7) is 2.11. The van der Waals surface area contributed by atoms with Gasteiger partial charge in [0.25, 0.3) is 0 Å². The number of hydrogen-bond donors (Lipinski definition) is 2. The van der Waals surface area contributed by atoms with E-state index in [2.05, 4.69) is 11.6 Å². The third kappa shape index (κ3) is 2.98. The van der Waals surface area contributed by atoms with E-state index in [1.807, 2.05) is 0 Å². The predicted octanol–water partition coefficient (Wildman–Crippen LogP) is 1.74. The van der Waals surface area contributed by atoms with E-state index in [1.54, 1.807) is 12.1 Å². The van der Waals surface area contributed by atoms with Crippen molar-refractivity contribution in [2.75, 3.05) is 5.73 Å². The molecule has 1 aromatic rings. The highest BCUT2D eigenvalue weighted by atomic mass is 32.2. The zero-order valence-electron chi connectivity index (χ0n) is 9.89. The molecule has 0 radical (unpaired) electrons. The Morgan fingerprint density at radius 3 is 2.59 bits per heavy atom. The van der Waals surface area contributed by atoms with Crippen molar-refractivity contribution in [3.8, 4) is 0 Å². The zero-order valence-corrected chi connectivity index (χ0v) is 10.7. The van der Waals surface area contributed by atoms with Crippen molar-refractivity contribution in [1.29, 1.82) is 0 Å². The van der Waals surface area contributed by atoms with Crippen molar-refractivity contribution in [2.45, 2.75) is 37.1 Å². The van der Waals surface area contributed by atoms with Gasteiger partial charge in [0.1, 0.15) is 0 Å². The Kier molecular flexibility index (Phi) is 3.40. The van der Waals surface area contributed by atoms with Crippen LogP contribution in [0.25, 0.3) is 0 Å². The maximum absolute atomic E-state index is 12.0. The standard InChI is InChI=1S/C12H18N2O2S/c1-2-3-9-8-12(9)14-17(15,16)11-6-4-10(13)5-7-11/h4-7,9,12,14H,2-3,8,13H2,1H3. The topological polar surface area (TPSA) is 72.2 Å². The predicted molar refractivity (Wildman–Crippen MR) is 68.0 cm³/mol. The highest BCUT2D eigenvalue weighted by Gasteiger charge is 2.39. The number of sulfonamides is 1. The molecule has 4 nitrogen and oxygen atoms in total. The van der Waals surface area contributed by atoms with Crippen LogP contribution in [0.4, 0.5) is 5.69 Å². The van der Waals surface area contributed by atoms with Gasteiger partial charge in [-0.1, -0.05) is 13.3 Å². The molecular formula is C12H18N2O2S. The fourth-order valence-electron chi connectivity index (χ4n) is 2.00. The van der Waals surface area contributed by atoms with Gasteiger partial charge in [0.05, 0.1) is 4.90 Å². The summed E-state index contributed by atoms with van der Waals surface area (Å²) < 4.78 is 26.7. The van der Waals surface area contributed by atoms with E-state index < -0.39 is 10.0 Å². The van der Waals surface area contributed by atoms with Gasteiger partial charge in [0, 0.05) is 11.7 Å². The first-order valence-electron chi connectivity index (χ1n) is 5.91. The van der Waals surface area contributed by atoms with Gasteiger partial charge in [-0.25, -0.2) is 13.1 Å². The summed E-state index contributed by atoms with van der Waals surface area (Å²) >= 11 is 0. The molecule has 1 aromatic carbocycles. The van der Waals surface area contributed by atoms with Crippen LogP contribution in [0.3, 0.4) is 0 Å². The van der Waals surface area contributed by atoms with Crippen LogP contribution in [0.15, 0.2) is 29.2 Å². The van der Waals surface area contributed by atoms with Crippen LogP contribution in [-0.2, 0) is 10.0 Å². The first-order chi connectivity index (χ1) is 8.03. The quantitative estimate of drug-likeness (QED) is 0.786. The summed E-state index contributed by atoms with van der Waals surface area (Å²) in [4.78, 5) is 0.286. The fraction of sp³-hybridized carbons (Fsp3) is 0.500. The molecule has 0 spiro atoms. The van der Waals surface area contributed by atoms with Crippen molar-refractivity contribution >= 4 is 15.7 Å². The molecular weight excluding hydrogens is 236 g/mol.